The van der Waals surface area contributed by atoms with Crippen LogP contribution in [0.1, 0.15) is 32.7 Å². The molecule has 1 aliphatic rings. The summed E-state index contributed by atoms with van der Waals surface area (Å²) in [7, 11) is 0. The van der Waals surface area contributed by atoms with Crippen LogP contribution in [0.5, 0.6) is 5.75 Å². The number of aromatic carboxylic acids is 1. The number of para-hydroxylation sites is 1. The average Bonchev–Trinajstić information content (AvgIpc) is 2.87. The Morgan fingerprint density at radius 1 is 0.917 bits per heavy atom. The first kappa shape index (κ1) is 23.3. The topological polar surface area (TPSA) is 100.0 Å². The van der Waals surface area contributed by atoms with Gasteiger partial charge >= 0.3 is 11.9 Å². The maximum atomic E-state index is 12.4. The van der Waals surface area contributed by atoms with Crippen LogP contribution in [0.3, 0.4) is 0 Å². The van der Waals surface area contributed by atoms with Crippen molar-refractivity contribution in [3.63, 3.8) is 0 Å². The molecule has 5 rings (SSSR count). The minimum Gasteiger partial charge on any atom is -0.482 e. The molecule has 0 fully saturated rings. The van der Waals surface area contributed by atoms with Crippen molar-refractivity contribution in [1.82, 2.24) is 9.88 Å². The van der Waals surface area contributed by atoms with E-state index in [-0.39, 0.29) is 5.56 Å². The second kappa shape index (κ2) is 10.0. The number of carboxylic acid groups (broad SMARTS) is 2. The SMILES string of the molecule is O=C(O)COc1ccc(C=C2CN(Cc3ccccc3)Cc3c2nc2ccccc2c3C(=O)O)cc1. The zero-order chi connectivity index (χ0) is 25.1. The van der Waals surface area contributed by atoms with Gasteiger partial charge in [-0.15, -0.1) is 0 Å². The molecule has 2 N–H and O–H groups in total. The van der Waals surface area contributed by atoms with Gasteiger partial charge in [0.1, 0.15) is 5.75 Å². The summed E-state index contributed by atoms with van der Waals surface area (Å²) in [5.74, 6) is -1.54. The lowest BCUT2D eigenvalue weighted by Gasteiger charge is -2.31. The number of ether oxygens (including phenoxy) is 1. The zero-order valence-electron chi connectivity index (χ0n) is 19.4. The molecule has 1 aromatic heterocycles. The van der Waals surface area contributed by atoms with Crippen molar-refractivity contribution in [2.24, 2.45) is 0 Å². The number of nitrogens with zero attached hydrogens (tertiary/aromatic N) is 2. The Hall–Kier alpha value is -4.49. The van der Waals surface area contributed by atoms with Gasteiger partial charge in [-0.1, -0.05) is 60.7 Å². The standard InChI is InChI=1S/C29H24N2O5/c32-26(33)18-36-22-12-10-19(11-13-22)14-21-16-31(15-20-6-2-1-3-7-20)17-24-27(29(34)35)23-8-4-5-9-25(23)30-28(21)24/h1-14H,15-18H2,(H,32,33)(H,34,35). The number of fused-ring (bicyclic) bond motifs is 2. The van der Waals surface area contributed by atoms with Crippen LogP contribution in [0.15, 0.2) is 78.9 Å². The second-order valence-electron chi connectivity index (χ2n) is 8.69. The molecule has 180 valence electrons. The van der Waals surface area contributed by atoms with Crippen molar-refractivity contribution in [3.05, 3.63) is 107 Å². The maximum Gasteiger partial charge on any atom is 0.341 e. The summed E-state index contributed by atoms with van der Waals surface area (Å²) in [6.45, 7) is 1.34. The van der Waals surface area contributed by atoms with Crippen molar-refractivity contribution in [2.75, 3.05) is 13.2 Å². The van der Waals surface area contributed by atoms with Crippen LogP contribution in [-0.4, -0.2) is 45.2 Å². The highest BCUT2D eigenvalue weighted by molar-refractivity contribution is 6.06. The van der Waals surface area contributed by atoms with Crippen LogP contribution in [0.4, 0.5) is 0 Å². The van der Waals surface area contributed by atoms with Gasteiger partial charge in [-0.05, 0) is 41.0 Å². The lowest BCUT2D eigenvalue weighted by molar-refractivity contribution is -0.139. The number of aromatic nitrogens is 1. The fraction of sp³-hybridized carbons (Fsp3) is 0.138. The fourth-order valence-electron chi connectivity index (χ4n) is 4.58. The number of aliphatic carboxylic acids is 1. The molecular weight excluding hydrogens is 456 g/mol. The van der Waals surface area contributed by atoms with Gasteiger partial charge in [-0.25, -0.2) is 14.6 Å². The Morgan fingerprint density at radius 2 is 1.64 bits per heavy atom. The largest absolute Gasteiger partial charge is 0.482 e. The number of hydrogen-bond donors (Lipinski definition) is 2. The number of benzene rings is 3. The average molecular weight is 481 g/mol. The van der Waals surface area contributed by atoms with Gasteiger partial charge in [0, 0.05) is 30.6 Å². The smallest absolute Gasteiger partial charge is 0.341 e. The van der Waals surface area contributed by atoms with Gasteiger partial charge < -0.3 is 14.9 Å². The summed E-state index contributed by atoms with van der Waals surface area (Å²) in [6.07, 6.45) is 2.00. The molecule has 0 bridgehead atoms. The fourth-order valence-corrected chi connectivity index (χ4v) is 4.58. The number of rotatable bonds is 7. The highest BCUT2D eigenvalue weighted by atomic mass is 16.5. The van der Waals surface area contributed by atoms with Crippen LogP contribution in [0.2, 0.25) is 0 Å². The van der Waals surface area contributed by atoms with Crippen molar-refractivity contribution < 1.29 is 24.5 Å². The van der Waals surface area contributed by atoms with Gasteiger partial charge in [-0.2, -0.15) is 0 Å². The van der Waals surface area contributed by atoms with Crippen molar-refractivity contribution in [2.45, 2.75) is 13.1 Å². The maximum absolute atomic E-state index is 12.4. The molecule has 1 aliphatic heterocycles. The van der Waals surface area contributed by atoms with E-state index in [4.69, 9.17) is 14.8 Å². The van der Waals surface area contributed by atoms with Crippen LogP contribution in [0, 0.1) is 0 Å². The third-order valence-electron chi connectivity index (χ3n) is 6.12. The van der Waals surface area contributed by atoms with Crippen LogP contribution in [0.25, 0.3) is 22.6 Å². The van der Waals surface area contributed by atoms with E-state index in [2.05, 4.69) is 17.0 Å². The number of carbonyl (C=O) groups is 2. The molecular formula is C29H24N2O5. The Labute approximate surface area is 207 Å². The highest BCUT2D eigenvalue weighted by Gasteiger charge is 2.28. The molecule has 7 heteroatoms. The van der Waals surface area contributed by atoms with Crippen LogP contribution >= 0.6 is 0 Å². The third kappa shape index (κ3) is 4.96. The molecule has 0 saturated carbocycles. The first-order chi connectivity index (χ1) is 17.5. The van der Waals surface area contributed by atoms with E-state index in [1.165, 1.54) is 0 Å². The van der Waals surface area contributed by atoms with E-state index < -0.39 is 18.5 Å². The molecule has 3 aromatic carbocycles. The number of hydrogen-bond acceptors (Lipinski definition) is 5. The molecule has 4 aromatic rings. The van der Waals surface area contributed by atoms with E-state index in [1.54, 1.807) is 18.2 Å². The van der Waals surface area contributed by atoms with E-state index >= 15 is 0 Å². The molecule has 0 spiro atoms. The summed E-state index contributed by atoms with van der Waals surface area (Å²) in [5, 5.41) is 19.6. The molecule has 2 heterocycles. The predicted molar refractivity (Wildman–Crippen MR) is 137 cm³/mol. The first-order valence-corrected chi connectivity index (χ1v) is 11.5. The summed E-state index contributed by atoms with van der Waals surface area (Å²) < 4.78 is 5.24. The molecule has 0 unspecified atom stereocenters. The molecule has 0 radical (unpaired) electrons. The quantitative estimate of drug-likeness (QED) is 0.386. The van der Waals surface area contributed by atoms with E-state index in [1.807, 2.05) is 54.6 Å². The van der Waals surface area contributed by atoms with Crippen LogP contribution in [-0.2, 0) is 17.9 Å². The summed E-state index contributed by atoms with van der Waals surface area (Å²) in [5.41, 5.74) is 5.28. The lowest BCUT2D eigenvalue weighted by atomic mass is 9.91. The Morgan fingerprint density at radius 3 is 2.36 bits per heavy atom. The summed E-state index contributed by atoms with van der Waals surface area (Å²) in [4.78, 5) is 30.3. The molecule has 0 saturated heterocycles. The summed E-state index contributed by atoms with van der Waals surface area (Å²) in [6, 6.07) is 24.6. The minimum atomic E-state index is -1.04. The predicted octanol–water partition coefficient (Wildman–Crippen LogP) is 4.95. The van der Waals surface area contributed by atoms with Gasteiger partial charge in [0.25, 0.3) is 0 Å². The highest BCUT2D eigenvalue weighted by Crippen LogP contribution is 2.34. The monoisotopic (exact) mass is 480 g/mol. The zero-order valence-corrected chi connectivity index (χ0v) is 19.4. The van der Waals surface area contributed by atoms with E-state index in [0.717, 1.165) is 16.7 Å². The Balaban J connectivity index is 1.58. The normalized spacial score (nSPS) is 14.5. The first-order valence-electron chi connectivity index (χ1n) is 11.5. The van der Waals surface area contributed by atoms with Crippen molar-refractivity contribution >= 4 is 34.5 Å². The Kier molecular flexibility index (Phi) is 6.47. The lowest BCUT2D eigenvalue weighted by Crippen LogP contribution is -2.31. The minimum absolute atomic E-state index is 0.289. The van der Waals surface area contributed by atoms with Gasteiger partial charge in [0.2, 0.25) is 0 Å². The van der Waals surface area contributed by atoms with E-state index in [0.29, 0.717) is 47.5 Å². The molecule has 7 nitrogen and oxygen atoms in total. The van der Waals surface area contributed by atoms with Crippen molar-refractivity contribution in [1.29, 1.82) is 0 Å². The van der Waals surface area contributed by atoms with Gasteiger partial charge in [0.05, 0.1) is 16.8 Å². The molecule has 0 amide bonds. The van der Waals surface area contributed by atoms with Crippen LogP contribution < -0.4 is 4.74 Å². The second-order valence-corrected chi connectivity index (χ2v) is 8.69. The third-order valence-corrected chi connectivity index (χ3v) is 6.12. The number of pyridine rings is 1. The Bertz CT molecular complexity index is 1460. The number of carboxylic acids is 2. The van der Waals surface area contributed by atoms with Crippen molar-refractivity contribution in [3.8, 4) is 5.75 Å². The molecule has 0 aliphatic carbocycles. The molecule has 36 heavy (non-hydrogen) atoms. The molecule has 0 atom stereocenters. The summed E-state index contributed by atoms with van der Waals surface area (Å²) >= 11 is 0. The van der Waals surface area contributed by atoms with E-state index in [9.17, 15) is 14.7 Å². The van der Waals surface area contributed by atoms with Gasteiger partial charge in [0.15, 0.2) is 6.61 Å². The van der Waals surface area contributed by atoms with Gasteiger partial charge in [-0.3, -0.25) is 4.90 Å².